The molecule has 4 rings (SSSR count). The van der Waals surface area contributed by atoms with Crippen LogP contribution in [0.25, 0.3) is 16.9 Å². The molecular formula is C23H20N4O. The highest BCUT2D eigenvalue weighted by Crippen LogP contribution is 2.26. The molecule has 0 radical (unpaired) electrons. The number of rotatable bonds is 4. The summed E-state index contributed by atoms with van der Waals surface area (Å²) in [6.45, 7) is 4.13. The fourth-order valence-electron chi connectivity index (χ4n) is 2.99. The number of aryl methyl sites for hydroxylation is 2. The summed E-state index contributed by atoms with van der Waals surface area (Å²) < 4.78 is 1.74. The number of hydrogen-bond donors (Lipinski definition) is 1. The van der Waals surface area contributed by atoms with Gasteiger partial charge in [0, 0.05) is 18.0 Å². The second-order valence-corrected chi connectivity index (χ2v) is 6.67. The molecular weight excluding hydrogens is 348 g/mol. The first-order chi connectivity index (χ1) is 13.6. The summed E-state index contributed by atoms with van der Waals surface area (Å²) in [4.78, 5) is 17.1. The van der Waals surface area contributed by atoms with E-state index in [-0.39, 0.29) is 5.91 Å². The van der Waals surface area contributed by atoms with Gasteiger partial charge in [0.15, 0.2) is 0 Å². The van der Waals surface area contributed by atoms with E-state index in [9.17, 15) is 4.79 Å². The van der Waals surface area contributed by atoms with Crippen molar-refractivity contribution in [2.24, 2.45) is 0 Å². The van der Waals surface area contributed by atoms with E-state index in [4.69, 9.17) is 5.10 Å². The van der Waals surface area contributed by atoms with Crippen LogP contribution in [0.5, 0.6) is 0 Å². The number of carbonyl (C=O) groups is 1. The largest absolute Gasteiger partial charge is 0.320 e. The van der Waals surface area contributed by atoms with Crippen LogP contribution in [0.2, 0.25) is 0 Å². The van der Waals surface area contributed by atoms with Crippen molar-refractivity contribution in [2.75, 3.05) is 5.32 Å². The SMILES string of the molecule is Cc1ccc(-c2nn(-c3ccccc3)cc2C(=O)Nc2cccnc2)cc1C. The number of hydrogen-bond acceptors (Lipinski definition) is 3. The van der Waals surface area contributed by atoms with Crippen molar-refractivity contribution in [3.8, 4) is 16.9 Å². The summed E-state index contributed by atoms with van der Waals surface area (Å²) in [5, 5.41) is 7.63. The molecule has 2 heterocycles. The molecule has 1 N–H and O–H groups in total. The Morgan fingerprint density at radius 1 is 0.964 bits per heavy atom. The van der Waals surface area contributed by atoms with E-state index >= 15 is 0 Å². The summed E-state index contributed by atoms with van der Waals surface area (Å²) >= 11 is 0. The third-order valence-corrected chi connectivity index (χ3v) is 4.68. The molecule has 1 amide bonds. The summed E-state index contributed by atoms with van der Waals surface area (Å²) in [5.74, 6) is -0.219. The second-order valence-electron chi connectivity index (χ2n) is 6.67. The van der Waals surface area contributed by atoms with Gasteiger partial charge in [-0.1, -0.05) is 30.3 Å². The molecule has 4 aromatic rings. The molecule has 0 aliphatic rings. The number of carbonyl (C=O) groups excluding carboxylic acids is 1. The maximum Gasteiger partial charge on any atom is 0.259 e. The van der Waals surface area contributed by atoms with Gasteiger partial charge < -0.3 is 5.32 Å². The number of para-hydroxylation sites is 1. The van der Waals surface area contributed by atoms with Gasteiger partial charge in [-0.05, 0) is 55.3 Å². The summed E-state index contributed by atoms with van der Waals surface area (Å²) in [6, 6.07) is 19.5. The Labute approximate surface area is 163 Å². The first kappa shape index (κ1) is 17.7. The fraction of sp³-hybridized carbons (Fsp3) is 0.0870. The average molecular weight is 368 g/mol. The normalized spacial score (nSPS) is 10.6. The maximum atomic E-state index is 13.0. The Bertz CT molecular complexity index is 1120. The van der Waals surface area contributed by atoms with Gasteiger partial charge in [-0.15, -0.1) is 0 Å². The lowest BCUT2D eigenvalue weighted by molar-refractivity contribution is 0.102. The zero-order chi connectivity index (χ0) is 19.5. The summed E-state index contributed by atoms with van der Waals surface area (Å²) in [6.07, 6.45) is 5.06. The van der Waals surface area contributed by atoms with Crippen molar-refractivity contribution in [2.45, 2.75) is 13.8 Å². The topological polar surface area (TPSA) is 59.8 Å². The van der Waals surface area contributed by atoms with Gasteiger partial charge in [0.25, 0.3) is 5.91 Å². The average Bonchev–Trinajstić information content (AvgIpc) is 3.17. The summed E-state index contributed by atoms with van der Waals surface area (Å²) in [5.41, 5.74) is 5.97. The van der Waals surface area contributed by atoms with E-state index < -0.39 is 0 Å². The Balaban J connectivity index is 1.79. The van der Waals surface area contributed by atoms with Crippen LogP contribution in [0.4, 0.5) is 5.69 Å². The molecule has 28 heavy (non-hydrogen) atoms. The second kappa shape index (κ2) is 7.48. The van der Waals surface area contributed by atoms with Gasteiger partial charge in [-0.25, -0.2) is 4.68 Å². The number of nitrogens with one attached hydrogen (secondary N) is 1. The zero-order valence-electron chi connectivity index (χ0n) is 15.8. The smallest absolute Gasteiger partial charge is 0.259 e. The Kier molecular flexibility index (Phi) is 4.72. The number of amides is 1. The highest BCUT2D eigenvalue weighted by atomic mass is 16.1. The number of aromatic nitrogens is 3. The lowest BCUT2D eigenvalue weighted by Gasteiger charge is -2.06. The Hall–Kier alpha value is -3.73. The quantitative estimate of drug-likeness (QED) is 0.563. The highest BCUT2D eigenvalue weighted by Gasteiger charge is 2.19. The summed E-state index contributed by atoms with van der Waals surface area (Å²) in [7, 11) is 0. The number of benzene rings is 2. The lowest BCUT2D eigenvalue weighted by atomic mass is 10.0. The lowest BCUT2D eigenvalue weighted by Crippen LogP contribution is -2.12. The van der Waals surface area contributed by atoms with Crippen molar-refractivity contribution in [3.63, 3.8) is 0 Å². The van der Waals surface area contributed by atoms with Crippen LogP contribution in [-0.4, -0.2) is 20.7 Å². The van der Waals surface area contributed by atoms with Gasteiger partial charge in [0.2, 0.25) is 0 Å². The maximum absolute atomic E-state index is 13.0. The molecule has 0 saturated carbocycles. The van der Waals surface area contributed by atoms with Gasteiger partial charge in [0.1, 0.15) is 5.69 Å². The molecule has 2 aromatic carbocycles. The fourth-order valence-corrected chi connectivity index (χ4v) is 2.99. The molecule has 5 nitrogen and oxygen atoms in total. The molecule has 138 valence electrons. The van der Waals surface area contributed by atoms with Crippen LogP contribution in [0.15, 0.2) is 79.3 Å². The molecule has 5 heteroatoms. The van der Waals surface area contributed by atoms with Crippen molar-refractivity contribution in [3.05, 3.63) is 95.9 Å². The van der Waals surface area contributed by atoms with E-state index in [1.54, 1.807) is 29.3 Å². The number of anilines is 1. The molecule has 0 spiro atoms. The van der Waals surface area contributed by atoms with Crippen LogP contribution in [0, 0.1) is 13.8 Å². The van der Waals surface area contributed by atoms with Crippen molar-refractivity contribution >= 4 is 11.6 Å². The van der Waals surface area contributed by atoms with Crippen LogP contribution >= 0.6 is 0 Å². The van der Waals surface area contributed by atoms with E-state index in [0.29, 0.717) is 16.9 Å². The molecule has 0 fully saturated rings. The van der Waals surface area contributed by atoms with Gasteiger partial charge in [-0.3, -0.25) is 9.78 Å². The minimum atomic E-state index is -0.219. The minimum absolute atomic E-state index is 0.219. The van der Waals surface area contributed by atoms with E-state index in [1.807, 2.05) is 42.5 Å². The van der Waals surface area contributed by atoms with Gasteiger partial charge in [0.05, 0.1) is 23.1 Å². The van der Waals surface area contributed by atoms with Crippen molar-refractivity contribution < 1.29 is 4.79 Å². The Morgan fingerprint density at radius 2 is 1.79 bits per heavy atom. The standard InChI is InChI=1S/C23H20N4O/c1-16-10-11-18(13-17(16)2)22-21(23(28)25-19-7-6-12-24-14-19)15-27(26-22)20-8-4-3-5-9-20/h3-15H,1-2H3,(H,25,28). The van der Waals surface area contributed by atoms with Gasteiger partial charge >= 0.3 is 0 Å². The third kappa shape index (κ3) is 3.55. The van der Waals surface area contributed by atoms with E-state index in [0.717, 1.165) is 16.8 Å². The van der Waals surface area contributed by atoms with Crippen LogP contribution < -0.4 is 5.32 Å². The van der Waals surface area contributed by atoms with Gasteiger partial charge in [-0.2, -0.15) is 5.10 Å². The first-order valence-electron chi connectivity index (χ1n) is 9.06. The predicted molar refractivity (Wildman–Crippen MR) is 111 cm³/mol. The molecule has 0 atom stereocenters. The molecule has 0 bridgehead atoms. The number of nitrogens with zero attached hydrogens (tertiary/aromatic N) is 3. The zero-order valence-corrected chi connectivity index (χ0v) is 15.8. The number of pyridine rings is 1. The van der Waals surface area contributed by atoms with Crippen LogP contribution in [0.1, 0.15) is 21.5 Å². The monoisotopic (exact) mass is 368 g/mol. The van der Waals surface area contributed by atoms with Crippen LogP contribution in [-0.2, 0) is 0 Å². The first-order valence-corrected chi connectivity index (χ1v) is 9.06. The van der Waals surface area contributed by atoms with Crippen LogP contribution in [0.3, 0.4) is 0 Å². The molecule has 0 aliphatic heterocycles. The molecule has 2 aromatic heterocycles. The molecule has 0 aliphatic carbocycles. The van der Waals surface area contributed by atoms with E-state index in [1.165, 1.54) is 5.56 Å². The molecule has 0 unspecified atom stereocenters. The molecule has 0 saturated heterocycles. The van der Waals surface area contributed by atoms with Crippen molar-refractivity contribution in [1.29, 1.82) is 0 Å². The predicted octanol–water partition coefficient (Wildman–Crippen LogP) is 4.80. The van der Waals surface area contributed by atoms with Crippen molar-refractivity contribution in [1.82, 2.24) is 14.8 Å². The van der Waals surface area contributed by atoms with E-state index in [2.05, 4.69) is 36.3 Å². The third-order valence-electron chi connectivity index (χ3n) is 4.68. The Morgan fingerprint density at radius 3 is 2.50 bits per heavy atom. The highest BCUT2D eigenvalue weighted by molar-refractivity contribution is 6.08. The minimum Gasteiger partial charge on any atom is -0.320 e.